The normalized spacial score (nSPS) is 10.9. The topological polar surface area (TPSA) is 182 Å². The van der Waals surface area contributed by atoms with Crippen LogP contribution in [0.3, 0.4) is 0 Å². The summed E-state index contributed by atoms with van der Waals surface area (Å²) in [4.78, 5) is 43.6. The van der Waals surface area contributed by atoms with Crippen LogP contribution in [0.2, 0.25) is 0 Å². The molecule has 0 saturated heterocycles. The highest BCUT2D eigenvalue weighted by molar-refractivity contribution is 6.23. The van der Waals surface area contributed by atoms with E-state index in [0.717, 1.165) is 62.3 Å². The molecule has 0 fully saturated rings. The third-order valence-electron chi connectivity index (χ3n) is 8.97. The summed E-state index contributed by atoms with van der Waals surface area (Å²) in [5.74, 6) is 3.91. The second kappa shape index (κ2) is 18.4. The number of rotatable bonds is 9. The molecule has 4 amide bonds. The Labute approximate surface area is 341 Å². The SMILES string of the molecule is CCOC(=O)/C=N/NC(=O)Nc1cccc(-c2cnc3cc(-c4ccc(F)cc4)ccn23)c1.NNC(=O)Nc1cccc(-c2cnc3cc(-c4ccc(F)cc4)ccn23)c1. The molecule has 8 aromatic rings. The van der Waals surface area contributed by atoms with Crippen molar-refractivity contribution in [3.05, 3.63) is 158 Å². The van der Waals surface area contributed by atoms with Crippen molar-refractivity contribution in [1.82, 2.24) is 29.6 Å². The van der Waals surface area contributed by atoms with Gasteiger partial charge in [-0.05, 0) is 102 Å². The molecular weight excluding hydrogens is 771 g/mol. The zero-order valence-electron chi connectivity index (χ0n) is 31.8. The van der Waals surface area contributed by atoms with Crippen LogP contribution in [0.4, 0.5) is 29.7 Å². The van der Waals surface area contributed by atoms with Crippen molar-refractivity contribution >= 4 is 46.9 Å². The highest BCUT2D eigenvalue weighted by Crippen LogP contribution is 2.29. The predicted molar refractivity (Wildman–Crippen MR) is 226 cm³/mol. The number of esters is 1. The monoisotopic (exact) mass is 806 g/mol. The van der Waals surface area contributed by atoms with Crippen molar-refractivity contribution in [2.75, 3.05) is 17.2 Å². The molecule has 4 aromatic heterocycles. The number of halogens is 2. The van der Waals surface area contributed by atoms with E-state index in [4.69, 9.17) is 5.84 Å². The first kappa shape index (κ1) is 40.0. The molecule has 300 valence electrons. The lowest BCUT2D eigenvalue weighted by atomic mass is 10.1. The van der Waals surface area contributed by atoms with Crippen molar-refractivity contribution < 1.29 is 27.9 Å². The molecule has 0 spiro atoms. The maximum Gasteiger partial charge on any atom is 0.351 e. The molecule has 0 aliphatic carbocycles. The van der Waals surface area contributed by atoms with E-state index in [1.54, 1.807) is 67.8 Å². The van der Waals surface area contributed by atoms with Crippen LogP contribution in [-0.2, 0) is 9.53 Å². The number of carbonyl (C=O) groups excluding carboxylic acids is 3. The molecule has 0 bridgehead atoms. The number of hydrogen-bond donors (Lipinski definition) is 5. The van der Waals surface area contributed by atoms with Crippen molar-refractivity contribution in [2.24, 2.45) is 10.9 Å². The quantitative estimate of drug-likeness (QED) is 0.0320. The molecule has 0 aliphatic heterocycles. The van der Waals surface area contributed by atoms with Crippen LogP contribution in [0.1, 0.15) is 6.92 Å². The van der Waals surface area contributed by atoms with Gasteiger partial charge < -0.3 is 15.4 Å². The van der Waals surface area contributed by atoms with Gasteiger partial charge in [0.25, 0.3) is 0 Å². The van der Waals surface area contributed by atoms with Gasteiger partial charge >= 0.3 is 18.0 Å². The van der Waals surface area contributed by atoms with E-state index >= 15 is 0 Å². The summed E-state index contributed by atoms with van der Waals surface area (Å²) in [6.07, 6.45) is 8.22. The average molecular weight is 807 g/mol. The standard InChI is InChI=1S/C24H20FN5O3.C20H16FN5O/c1-2-33-23(31)15-27-29-24(32)28-20-5-3-4-18(12-20)21-14-26-22-13-17(10-11-30(21)22)16-6-8-19(25)9-7-16;21-16-6-4-13(5-7-16)14-8-9-26-18(12-23-19(26)11-14)15-2-1-3-17(10-15)24-20(27)25-22/h3-15H,2H2,1H3,(H2,28,29,32);1-12H,22H2,(H2,24,25,27)/b27-15+;. The van der Waals surface area contributed by atoms with Gasteiger partial charge in [-0.2, -0.15) is 5.10 Å². The average Bonchev–Trinajstić information content (AvgIpc) is 3.89. The summed E-state index contributed by atoms with van der Waals surface area (Å²) in [5, 5.41) is 8.84. The fourth-order valence-corrected chi connectivity index (χ4v) is 6.19. The van der Waals surface area contributed by atoms with Gasteiger partial charge in [-0.25, -0.2) is 44.4 Å². The Hall–Kier alpha value is -8.24. The molecule has 0 aliphatic rings. The zero-order valence-corrected chi connectivity index (χ0v) is 31.8. The maximum atomic E-state index is 13.2. The number of amides is 4. The van der Waals surface area contributed by atoms with Gasteiger partial charge in [0.2, 0.25) is 0 Å². The highest BCUT2D eigenvalue weighted by atomic mass is 19.1. The lowest BCUT2D eigenvalue weighted by Crippen LogP contribution is -2.34. The summed E-state index contributed by atoms with van der Waals surface area (Å²) in [5.41, 5.74) is 14.0. The molecule has 0 unspecified atom stereocenters. The smallest absolute Gasteiger partial charge is 0.351 e. The van der Waals surface area contributed by atoms with Gasteiger partial charge in [0.1, 0.15) is 29.1 Å². The fourth-order valence-electron chi connectivity index (χ4n) is 6.19. The molecule has 14 nitrogen and oxygen atoms in total. The number of urea groups is 2. The Morgan fingerprint density at radius 1 is 0.650 bits per heavy atom. The third kappa shape index (κ3) is 9.64. The van der Waals surface area contributed by atoms with E-state index in [0.29, 0.717) is 11.4 Å². The minimum absolute atomic E-state index is 0.223. The number of carbonyl (C=O) groups is 3. The Morgan fingerprint density at radius 2 is 1.13 bits per heavy atom. The molecule has 6 N–H and O–H groups in total. The van der Waals surface area contributed by atoms with Gasteiger partial charge in [0, 0.05) is 34.9 Å². The molecule has 4 heterocycles. The van der Waals surface area contributed by atoms with Gasteiger partial charge in [-0.3, -0.25) is 14.2 Å². The Bertz CT molecular complexity index is 2840. The second-order valence-corrected chi connectivity index (χ2v) is 12.9. The number of benzene rings is 4. The third-order valence-corrected chi connectivity index (χ3v) is 8.97. The van der Waals surface area contributed by atoms with Crippen LogP contribution in [0.25, 0.3) is 56.1 Å². The molecule has 0 saturated carbocycles. The number of hydrazone groups is 1. The van der Waals surface area contributed by atoms with E-state index in [9.17, 15) is 23.2 Å². The van der Waals surface area contributed by atoms with Crippen LogP contribution >= 0.6 is 0 Å². The van der Waals surface area contributed by atoms with Crippen molar-refractivity contribution in [3.8, 4) is 44.8 Å². The van der Waals surface area contributed by atoms with E-state index in [1.807, 2.05) is 75.2 Å². The number of ether oxygens (including phenoxy) is 1. The first-order chi connectivity index (χ1) is 29.2. The molecular formula is C44H36F2N10O4. The molecule has 4 aromatic carbocycles. The van der Waals surface area contributed by atoms with E-state index in [-0.39, 0.29) is 18.2 Å². The molecule has 0 atom stereocenters. The zero-order chi connectivity index (χ0) is 42.0. The number of hydrogen-bond acceptors (Lipinski definition) is 8. The number of nitrogens with two attached hydrogens (primary N) is 1. The van der Waals surface area contributed by atoms with Crippen molar-refractivity contribution in [3.63, 3.8) is 0 Å². The van der Waals surface area contributed by atoms with Crippen LogP contribution < -0.4 is 27.3 Å². The summed E-state index contributed by atoms with van der Waals surface area (Å²) in [7, 11) is 0. The van der Waals surface area contributed by atoms with Crippen molar-refractivity contribution in [1.29, 1.82) is 0 Å². The largest absolute Gasteiger partial charge is 0.462 e. The van der Waals surface area contributed by atoms with Gasteiger partial charge in [-0.1, -0.05) is 48.5 Å². The number of anilines is 2. The Balaban J connectivity index is 0.000000185. The lowest BCUT2D eigenvalue weighted by molar-refractivity contribution is -0.134. The first-order valence-corrected chi connectivity index (χ1v) is 18.4. The predicted octanol–water partition coefficient (Wildman–Crippen LogP) is 8.28. The summed E-state index contributed by atoms with van der Waals surface area (Å²) in [6, 6.07) is 33.9. The number of hydrazine groups is 1. The van der Waals surface area contributed by atoms with E-state index in [1.165, 1.54) is 24.3 Å². The number of nitrogens with zero attached hydrogens (tertiary/aromatic N) is 5. The van der Waals surface area contributed by atoms with Crippen LogP contribution in [0.5, 0.6) is 0 Å². The van der Waals surface area contributed by atoms with Crippen molar-refractivity contribution in [2.45, 2.75) is 6.92 Å². The first-order valence-electron chi connectivity index (χ1n) is 18.4. The highest BCUT2D eigenvalue weighted by Gasteiger charge is 2.11. The van der Waals surface area contributed by atoms with Crippen LogP contribution in [0.15, 0.2) is 151 Å². The Kier molecular flexibility index (Phi) is 12.2. The second-order valence-electron chi connectivity index (χ2n) is 12.9. The molecule has 8 rings (SSSR count). The maximum absolute atomic E-state index is 13.2. The number of nitrogens with one attached hydrogen (secondary N) is 4. The minimum Gasteiger partial charge on any atom is -0.462 e. The number of pyridine rings is 2. The summed E-state index contributed by atoms with van der Waals surface area (Å²) >= 11 is 0. The minimum atomic E-state index is -0.644. The molecule has 60 heavy (non-hydrogen) atoms. The Morgan fingerprint density at radius 3 is 1.60 bits per heavy atom. The van der Waals surface area contributed by atoms with Gasteiger partial charge in [0.15, 0.2) is 0 Å². The van der Waals surface area contributed by atoms with Crippen LogP contribution in [0, 0.1) is 11.6 Å². The number of imidazole rings is 2. The molecule has 16 heteroatoms. The molecule has 0 radical (unpaired) electrons. The van der Waals surface area contributed by atoms with Gasteiger partial charge in [0.05, 0.1) is 30.4 Å². The van der Waals surface area contributed by atoms with E-state index in [2.05, 4.69) is 35.9 Å². The van der Waals surface area contributed by atoms with Gasteiger partial charge in [-0.15, -0.1) is 0 Å². The van der Waals surface area contributed by atoms with E-state index < -0.39 is 18.0 Å². The van der Waals surface area contributed by atoms with Crippen LogP contribution in [-0.4, -0.2) is 49.6 Å². The fraction of sp³-hybridized carbons (Fsp3) is 0.0455. The summed E-state index contributed by atoms with van der Waals surface area (Å²) in [6.45, 7) is 1.90. The summed E-state index contributed by atoms with van der Waals surface area (Å²) < 4.78 is 34.9. The number of fused-ring (bicyclic) bond motifs is 2. The lowest BCUT2D eigenvalue weighted by Gasteiger charge is -2.08. The number of aromatic nitrogens is 4.